The number of thiazole rings is 1. The first-order valence-corrected chi connectivity index (χ1v) is 13.8. The van der Waals surface area contributed by atoms with E-state index in [-0.39, 0.29) is 27.1 Å². The third-order valence-electron chi connectivity index (χ3n) is 6.17. The van der Waals surface area contributed by atoms with Crippen LogP contribution in [0.2, 0.25) is 10.0 Å². The number of amides is 1. The fraction of sp³-hybridized carbons (Fsp3) is 0.321. The monoisotopic (exact) mass is 558 g/mol. The molecule has 1 aromatic heterocycles. The predicted molar refractivity (Wildman–Crippen MR) is 150 cm³/mol. The minimum Gasteiger partial charge on any atom is -0.478 e. The van der Waals surface area contributed by atoms with Gasteiger partial charge in [-0.05, 0) is 68.4 Å². The van der Waals surface area contributed by atoms with E-state index in [1.165, 1.54) is 47.6 Å². The first-order valence-electron chi connectivity index (χ1n) is 12.2. The highest BCUT2D eigenvalue weighted by molar-refractivity contribution is 7.16. The zero-order valence-corrected chi connectivity index (χ0v) is 23.0. The molecule has 0 bridgehead atoms. The summed E-state index contributed by atoms with van der Waals surface area (Å²) in [6.07, 6.45) is 6.18. The van der Waals surface area contributed by atoms with Crippen molar-refractivity contribution in [3.8, 4) is 11.3 Å². The predicted octanol–water partition coefficient (Wildman–Crippen LogP) is 7.31. The van der Waals surface area contributed by atoms with Gasteiger partial charge in [0.15, 0.2) is 5.13 Å². The van der Waals surface area contributed by atoms with E-state index in [4.69, 9.17) is 38.0 Å². The molecule has 194 valence electrons. The molecule has 0 spiro atoms. The molecule has 1 aliphatic rings. The molecule has 0 aliphatic heterocycles. The summed E-state index contributed by atoms with van der Waals surface area (Å²) in [5.41, 5.74) is 5.41. The molecule has 2 N–H and O–H groups in total. The van der Waals surface area contributed by atoms with Crippen molar-refractivity contribution in [2.24, 2.45) is 0 Å². The summed E-state index contributed by atoms with van der Waals surface area (Å²) < 4.78 is 5.64. The van der Waals surface area contributed by atoms with Crippen molar-refractivity contribution in [3.63, 3.8) is 0 Å². The molecule has 4 rings (SSSR count). The molecule has 0 saturated carbocycles. The number of benzene rings is 2. The van der Waals surface area contributed by atoms with E-state index < -0.39 is 5.97 Å². The van der Waals surface area contributed by atoms with Crippen LogP contribution in [-0.4, -0.2) is 35.2 Å². The van der Waals surface area contributed by atoms with Gasteiger partial charge in [0.05, 0.1) is 15.7 Å². The molecule has 1 amide bonds. The second kappa shape index (κ2) is 12.2. The molecule has 0 fully saturated rings. The van der Waals surface area contributed by atoms with Crippen molar-refractivity contribution in [1.82, 2.24) is 4.98 Å². The van der Waals surface area contributed by atoms with Crippen LogP contribution in [0.15, 0.2) is 35.9 Å². The van der Waals surface area contributed by atoms with E-state index in [0.717, 1.165) is 61.5 Å². The molecular weight excluding hydrogens is 531 g/mol. The Balaban J connectivity index is 1.51. The fourth-order valence-electron chi connectivity index (χ4n) is 4.32. The quantitative estimate of drug-likeness (QED) is 0.201. The number of carboxylic acids is 1. The van der Waals surface area contributed by atoms with Crippen LogP contribution in [-0.2, 0) is 28.8 Å². The van der Waals surface area contributed by atoms with E-state index in [1.807, 2.05) is 0 Å². The van der Waals surface area contributed by atoms with Crippen LogP contribution in [0.1, 0.15) is 58.6 Å². The summed E-state index contributed by atoms with van der Waals surface area (Å²) in [6.45, 7) is 5.12. The summed E-state index contributed by atoms with van der Waals surface area (Å²) in [4.78, 5) is 30.0. The summed E-state index contributed by atoms with van der Waals surface area (Å²) in [6, 6.07) is 9.30. The van der Waals surface area contributed by atoms with Crippen molar-refractivity contribution in [3.05, 3.63) is 73.1 Å². The molecule has 0 unspecified atom stereocenters. The van der Waals surface area contributed by atoms with Gasteiger partial charge in [-0.2, -0.15) is 0 Å². The lowest BCUT2D eigenvalue weighted by atomic mass is 9.88. The van der Waals surface area contributed by atoms with Crippen molar-refractivity contribution in [2.75, 3.05) is 18.5 Å². The zero-order valence-electron chi connectivity index (χ0n) is 20.7. The first-order chi connectivity index (χ1) is 17.8. The van der Waals surface area contributed by atoms with Crippen LogP contribution >= 0.6 is 34.5 Å². The number of aryl methyl sites for hydroxylation is 2. The number of halogens is 2. The van der Waals surface area contributed by atoms with Crippen LogP contribution in [0.4, 0.5) is 5.13 Å². The fourth-order valence-corrected chi connectivity index (χ4v) is 5.89. The standard InChI is InChI=1S/C28H28Cl2N2O4S/c1-3-11-36-12-5-7-17-6-4-8-20-19(17)9-10-24-25(20)31-28(37-24)32-26(33)18-14-22(29)21(23(30)15-18)13-16(2)27(34)35/h4,6,8,13-15H,3,5,7,9-12H2,1-2H3,(H,34,35)(H,31,32,33). The van der Waals surface area contributed by atoms with Crippen molar-refractivity contribution in [2.45, 2.75) is 46.0 Å². The maximum atomic E-state index is 13.0. The van der Waals surface area contributed by atoms with Gasteiger partial charge >= 0.3 is 5.97 Å². The Bertz CT molecular complexity index is 1340. The van der Waals surface area contributed by atoms with Crippen LogP contribution in [0.25, 0.3) is 17.3 Å². The highest BCUT2D eigenvalue weighted by Crippen LogP contribution is 2.40. The summed E-state index contributed by atoms with van der Waals surface area (Å²) in [5, 5.41) is 12.9. The molecule has 1 aliphatic carbocycles. The summed E-state index contributed by atoms with van der Waals surface area (Å²) in [5.74, 6) is -1.46. The molecule has 0 saturated heterocycles. The molecule has 3 aromatic rings. The molecule has 2 aromatic carbocycles. The van der Waals surface area contributed by atoms with Crippen LogP contribution < -0.4 is 5.32 Å². The van der Waals surface area contributed by atoms with E-state index >= 15 is 0 Å². The van der Waals surface area contributed by atoms with Crippen LogP contribution in [0.3, 0.4) is 0 Å². The number of hydrogen-bond acceptors (Lipinski definition) is 5. The van der Waals surface area contributed by atoms with E-state index in [9.17, 15) is 9.59 Å². The number of carbonyl (C=O) groups is 2. The average molecular weight is 560 g/mol. The lowest BCUT2D eigenvalue weighted by molar-refractivity contribution is -0.132. The normalized spacial score (nSPS) is 12.7. The maximum Gasteiger partial charge on any atom is 0.331 e. The molecule has 37 heavy (non-hydrogen) atoms. The minimum atomic E-state index is -1.07. The van der Waals surface area contributed by atoms with E-state index in [2.05, 4.69) is 30.4 Å². The smallest absolute Gasteiger partial charge is 0.331 e. The van der Waals surface area contributed by atoms with Crippen molar-refractivity contribution in [1.29, 1.82) is 0 Å². The second-order valence-corrected chi connectivity index (χ2v) is 10.8. The van der Waals surface area contributed by atoms with Gasteiger partial charge in [0, 0.05) is 40.4 Å². The Morgan fingerprint density at radius 3 is 2.65 bits per heavy atom. The lowest BCUT2D eigenvalue weighted by Crippen LogP contribution is -2.12. The number of carboxylic acid groups (broad SMARTS) is 1. The number of ether oxygens (including phenoxy) is 1. The van der Waals surface area contributed by atoms with Gasteiger partial charge in [0.25, 0.3) is 5.91 Å². The largest absolute Gasteiger partial charge is 0.478 e. The number of hydrogen-bond donors (Lipinski definition) is 2. The number of aliphatic carboxylic acids is 1. The van der Waals surface area contributed by atoms with Gasteiger partial charge in [-0.15, -0.1) is 11.3 Å². The number of carbonyl (C=O) groups excluding carboxylic acids is 1. The van der Waals surface area contributed by atoms with E-state index in [1.54, 1.807) is 0 Å². The van der Waals surface area contributed by atoms with Crippen molar-refractivity contribution >= 4 is 57.6 Å². The number of fused-ring (bicyclic) bond motifs is 3. The number of rotatable bonds is 10. The van der Waals surface area contributed by atoms with Gasteiger partial charge in [-0.3, -0.25) is 10.1 Å². The third kappa shape index (κ3) is 6.41. The third-order valence-corrected chi connectivity index (χ3v) is 7.83. The average Bonchev–Trinajstić information content (AvgIpc) is 3.28. The Hall–Kier alpha value is -2.71. The van der Waals surface area contributed by atoms with Gasteiger partial charge in [0.1, 0.15) is 0 Å². The summed E-state index contributed by atoms with van der Waals surface area (Å²) in [7, 11) is 0. The molecule has 6 nitrogen and oxygen atoms in total. The summed E-state index contributed by atoms with van der Waals surface area (Å²) >= 11 is 14.1. The number of nitrogens with zero attached hydrogens (tertiary/aromatic N) is 1. The topological polar surface area (TPSA) is 88.5 Å². The maximum absolute atomic E-state index is 13.0. The SMILES string of the molecule is CCCOCCCc1cccc2c1CCc1sc(NC(=O)c3cc(Cl)c(C=C(C)C(=O)O)c(Cl)c3)nc1-2. The molecular formula is C28H28Cl2N2O4S. The van der Waals surface area contributed by atoms with Gasteiger partial charge in [0.2, 0.25) is 0 Å². The second-order valence-electron chi connectivity index (χ2n) is 8.89. The Kier molecular flexibility index (Phi) is 9.03. The molecule has 0 radical (unpaired) electrons. The number of aromatic nitrogens is 1. The van der Waals surface area contributed by atoms with Crippen molar-refractivity contribution < 1.29 is 19.4 Å². The Labute approximate surface area is 230 Å². The van der Waals surface area contributed by atoms with Gasteiger partial charge in [-0.1, -0.05) is 48.3 Å². The van der Waals surface area contributed by atoms with E-state index in [0.29, 0.717) is 10.7 Å². The first kappa shape index (κ1) is 27.3. The Morgan fingerprint density at radius 2 is 1.95 bits per heavy atom. The molecule has 1 heterocycles. The highest BCUT2D eigenvalue weighted by atomic mass is 35.5. The minimum absolute atomic E-state index is 0.0858. The molecule has 9 heteroatoms. The number of nitrogens with one attached hydrogen (secondary N) is 1. The lowest BCUT2D eigenvalue weighted by Gasteiger charge is -2.18. The van der Waals surface area contributed by atoms with Crippen LogP contribution in [0.5, 0.6) is 0 Å². The Morgan fingerprint density at radius 1 is 1.19 bits per heavy atom. The molecule has 0 atom stereocenters. The van der Waals surface area contributed by atoms with Crippen LogP contribution in [0, 0.1) is 0 Å². The van der Waals surface area contributed by atoms with Gasteiger partial charge < -0.3 is 9.84 Å². The number of anilines is 1. The zero-order chi connectivity index (χ0) is 26.5. The van der Waals surface area contributed by atoms with Gasteiger partial charge in [-0.25, -0.2) is 9.78 Å². The highest BCUT2D eigenvalue weighted by Gasteiger charge is 2.24.